The quantitative estimate of drug-likeness (QED) is 0.847. The van der Waals surface area contributed by atoms with Gasteiger partial charge in [-0.1, -0.05) is 0 Å². The zero-order valence-electron chi connectivity index (χ0n) is 12.9. The van der Waals surface area contributed by atoms with Crippen LogP contribution in [0.1, 0.15) is 17.8 Å². The molecule has 0 spiro atoms. The minimum absolute atomic E-state index is 0.108. The molecular weight excluding hydrogens is 282 g/mol. The number of rotatable bonds is 6. The molecule has 0 saturated carbocycles. The standard InChI is InChI=1S/C15H19N5O2/c1-10-8-11(2)19-15(18-10)16-7-6-13(21)20-12-4-5-14(22-3)17-9-12/h4-5,8-9H,6-7H2,1-3H3,(H,20,21)(H,16,18,19). The lowest BCUT2D eigenvalue weighted by molar-refractivity contribution is -0.115. The predicted octanol–water partition coefficient (Wildman–Crippen LogP) is 1.94. The summed E-state index contributed by atoms with van der Waals surface area (Å²) in [7, 11) is 1.54. The number of aromatic nitrogens is 3. The van der Waals surface area contributed by atoms with Gasteiger partial charge in [-0.05, 0) is 26.0 Å². The molecule has 0 bridgehead atoms. The van der Waals surface area contributed by atoms with Crippen LogP contribution in [0.3, 0.4) is 0 Å². The fourth-order valence-electron chi connectivity index (χ4n) is 1.89. The maximum atomic E-state index is 11.8. The van der Waals surface area contributed by atoms with Gasteiger partial charge < -0.3 is 15.4 Å². The van der Waals surface area contributed by atoms with Crippen LogP contribution in [0.4, 0.5) is 11.6 Å². The Labute approximate surface area is 129 Å². The summed E-state index contributed by atoms with van der Waals surface area (Å²) in [5, 5.41) is 5.81. The van der Waals surface area contributed by atoms with Crippen LogP contribution in [-0.4, -0.2) is 34.5 Å². The average molecular weight is 301 g/mol. The SMILES string of the molecule is COc1ccc(NC(=O)CCNc2nc(C)cc(C)n2)cn1. The van der Waals surface area contributed by atoms with Gasteiger partial charge in [0, 0.05) is 30.4 Å². The van der Waals surface area contributed by atoms with Gasteiger partial charge in [0.05, 0.1) is 19.0 Å². The molecule has 116 valence electrons. The molecule has 1 amide bonds. The maximum absolute atomic E-state index is 11.8. The molecule has 0 radical (unpaired) electrons. The van der Waals surface area contributed by atoms with Crippen molar-refractivity contribution in [3.05, 3.63) is 35.8 Å². The monoisotopic (exact) mass is 301 g/mol. The minimum atomic E-state index is -0.108. The molecule has 0 saturated heterocycles. The number of amides is 1. The van der Waals surface area contributed by atoms with Crippen LogP contribution in [0.15, 0.2) is 24.4 Å². The molecule has 7 nitrogen and oxygen atoms in total. The van der Waals surface area contributed by atoms with Gasteiger partial charge in [-0.3, -0.25) is 4.79 Å². The van der Waals surface area contributed by atoms with Gasteiger partial charge >= 0.3 is 0 Å². The fourth-order valence-corrected chi connectivity index (χ4v) is 1.89. The average Bonchev–Trinajstić information content (AvgIpc) is 2.47. The van der Waals surface area contributed by atoms with Crippen molar-refractivity contribution in [3.8, 4) is 5.88 Å². The summed E-state index contributed by atoms with van der Waals surface area (Å²) in [6.07, 6.45) is 1.86. The number of pyridine rings is 1. The van der Waals surface area contributed by atoms with E-state index in [9.17, 15) is 4.79 Å². The zero-order valence-corrected chi connectivity index (χ0v) is 12.9. The molecule has 2 heterocycles. The van der Waals surface area contributed by atoms with Crippen LogP contribution in [0.5, 0.6) is 5.88 Å². The highest BCUT2D eigenvalue weighted by Gasteiger charge is 2.04. The Bertz CT molecular complexity index is 623. The summed E-state index contributed by atoms with van der Waals surface area (Å²) in [6.45, 7) is 4.27. The Kier molecular flexibility index (Phi) is 5.24. The Morgan fingerprint density at radius 1 is 1.23 bits per heavy atom. The van der Waals surface area contributed by atoms with E-state index in [-0.39, 0.29) is 5.91 Å². The minimum Gasteiger partial charge on any atom is -0.481 e. The van der Waals surface area contributed by atoms with Crippen LogP contribution in [-0.2, 0) is 4.79 Å². The zero-order chi connectivity index (χ0) is 15.9. The van der Waals surface area contributed by atoms with Gasteiger partial charge in [-0.15, -0.1) is 0 Å². The number of nitrogens with zero attached hydrogens (tertiary/aromatic N) is 3. The van der Waals surface area contributed by atoms with E-state index in [2.05, 4.69) is 25.6 Å². The van der Waals surface area contributed by atoms with Crippen molar-refractivity contribution < 1.29 is 9.53 Å². The summed E-state index contributed by atoms with van der Waals surface area (Å²) in [6, 6.07) is 5.33. The number of methoxy groups -OCH3 is 1. The number of ether oxygens (including phenoxy) is 1. The third-order valence-corrected chi connectivity index (χ3v) is 2.85. The largest absolute Gasteiger partial charge is 0.481 e. The topological polar surface area (TPSA) is 89.0 Å². The maximum Gasteiger partial charge on any atom is 0.226 e. The van der Waals surface area contributed by atoms with Crippen molar-refractivity contribution in [2.24, 2.45) is 0 Å². The molecule has 2 aromatic heterocycles. The first kappa shape index (κ1) is 15.7. The van der Waals surface area contributed by atoms with Gasteiger partial charge in [-0.25, -0.2) is 15.0 Å². The summed E-state index contributed by atoms with van der Waals surface area (Å²) >= 11 is 0. The molecule has 7 heteroatoms. The lowest BCUT2D eigenvalue weighted by atomic mass is 10.3. The third kappa shape index (κ3) is 4.69. The molecule has 2 aromatic rings. The van der Waals surface area contributed by atoms with E-state index in [1.54, 1.807) is 25.4 Å². The highest BCUT2D eigenvalue weighted by atomic mass is 16.5. The molecule has 0 unspecified atom stereocenters. The number of hydrogen-bond donors (Lipinski definition) is 2. The Hall–Kier alpha value is -2.70. The van der Waals surface area contributed by atoms with E-state index in [0.717, 1.165) is 11.4 Å². The number of anilines is 2. The van der Waals surface area contributed by atoms with Crippen LogP contribution in [0, 0.1) is 13.8 Å². The first-order chi connectivity index (χ1) is 10.6. The summed E-state index contributed by atoms with van der Waals surface area (Å²) < 4.78 is 4.96. The van der Waals surface area contributed by atoms with Crippen LogP contribution < -0.4 is 15.4 Å². The lowest BCUT2D eigenvalue weighted by Gasteiger charge is -2.07. The summed E-state index contributed by atoms with van der Waals surface area (Å²) in [5.41, 5.74) is 2.42. The smallest absolute Gasteiger partial charge is 0.226 e. The molecule has 0 aliphatic rings. The van der Waals surface area contributed by atoms with Crippen molar-refractivity contribution in [1.29, 1.82) is 0 Å². The number of carbonyl (C=O) groups excluding carboxylic acids is 1. The first-order valence-corrected chi connectivity index (χ1v) is 6.93. The van der Waals surface area contributed by atoms with Crippen molar-refractivity contribution in [3.63, 3.8) is 0 Å². The molecule has 0 atom stereocenters. The fraction of sp³-hybridized carbons (Fsp3) is 0.333. The van der Waals surface area contributed by atoms with E-state index in [1.807, 2.05) is 19.9 Å². The van der Waals surface area contributed by atoms with Crippen molar-refractivity contribution >= 4 is 17.5 Å². The van der Waals surface area contributed by atoms with Crippen molar-refractivity contribution in [2.75, 3.05) is 24.3 Å². The number of nitrogens with one attached hydrogen (secondary N) is 2. The van der Waals surface area contributed by atoms with Crippen LogP contribution in [0.2, 0.25) is 0 Å². The molecule has 2 N–H and O–H groups in total. The normalized spacial score (nSPS) is 10.1. The lowest BCUT2D eigenvalue weighted by Crippen LogP contribution is -2.17. The molecule has 0 aromatic carbocycles. The van der Waals surface area contributed by atoms with Gasteiger partial charge in [0.2, 0.25) is 17.7 Å². The molecule has 0 aliphatic carbocycles. The van der Waals surface area contributed by atoms with Gasteiger partial charge in [0.1, 0.15) is 0 Å². The van der Waals surface area contributed by atoms with Gasteiger partial charge in [-0.2, -0.15) is 0 Å². The van der Waals surface area contributed by atoms with E-state index < -0.39 is 0 Å². The first-order valence-electron chi connectivity index (χ1n) is 6.93. The van der Waals surface area contributed by atoms with Crippen LogP contribution in [0.25, 0.3) is 0 Å². The molecule has 2 rings (SSSR count). The Balaban J connectivity index is 1.79. The second kappa shape index (κ2) is 7.35. The second-order valence-corrected chi connectivity index (χ2v) is 4.79. The van der Waals surface area contributed by atoms with Crippen LogP contribution >= 0.6 is 0 Å². The second-order valence-electron chi connectivity index (χ2n) is 4.79. The van der Waals surface area contributed by atoms with Gasteiger partial charge in [0.15, 0.2) is 0 Å². The van der Waals surface area contributed by atoms with E-state index in [1.165, 1.54) is 0 Å². The highest BCUT2D eigenvalue weighted by Crippen LogP contribution is 2.11. The molecular formula is C15H19N5O2. The number of aryl methyl sites for hydroxylation is 2. The summed E-state index contributed by atoms with van der Waals surface area (Å²) in [5.74, 6) is 0.937. The highest BCUT2D eigenvalue weighted by molar-refractivity contribution is 5.90. The van der Waals surface area contributed by atoms with E-state index >= 15 is 0 Å². The van der Waals surface area contributed by atoms with E-state index in [4.69, 9.17) is 4.74 Å². The van der Waals surface area contributed by atoms with Crippen molar-refractivity contribution in [2.45, 2.75) is 20.3 Å². The van der Waals surface area contributed by atoms with E-state index in [0.29, 0.717) is 30.5 Å². The molecule has 0 fully saturated rings. The van der Waals surface area contributed by atoms with Gasteiger partial charge in [0.25, 0.3) is 0 Å². The van der Waals surface area contributed by atoms with Crippen molar-refractivity contribution in [1.82, 2.24) is 15.0 Å². The third-order valence-electron chi connectivity index (χ3n) is 2.85. The summed E-state index contributed by atoms with van der Waals surface area (Å²) in [4.78, 5) is 24.4. The Morgan fingerprint density at radius 3 is 2.55 bits per heavy atom. The predicted molar refractivity (Wildman–Crippen MR) is 84.0 cm³/mol. The Morgan fingerprint density at radius 2 is 1.95 bits per heavy atom. The molecule has 0 aliphatic heterocycles. The number of hydrogen-bond acceptors (Lipinski definition) is 6. The molecule has 22 heavy (non-hydrogen) atoms. The number of carbonyl (C=O) groups is 1.